The van der Waals surface area contributed by atoms with Gasteiger partial charge in [0, 0.05) is 43.5 Å². The van der Waals surface area contributed by atoms with Crippen molar-refractivity contribution in [2.75, 3.05) is 26.2 Å². The maximum absolute atomic E-state index is 13.5. The summed E-state index contributed by atoms with van der Waals surface area (Å²) in [5, 5.41) is 5.64. The Bertz CT molecular complexity index is 1610. The number of hydrogen-bond acceptors (Lipinski definition) is 6. The predicted octanol–water partition coefficient (Wildman–Crippen LogP) is 5.66. The molecular formula is C31H35N5O3S2. The topological polar surface area (TPSA) is 87.9 Å². The number of rotatable bonds is 5. The summed E-state index contributed by atoms with van der Waals surface area (Å²) in [4.78, 5) is 20.4. The van der Waals surface area contributed by atoms with Crippen molar-refractivity contribution in [1.82, 2.24) is 19.0 Å². The van der Waals surface area contributed by atoms with Crippen molar-refractivity contribution in [3.8, 4) is 16.9 Å². The number of aromatic nitrogens is 2. The standard InChI is InChI=1S/C31H35N5O3S2/c1-22-13-16-35(17-14-22)41(38,39)27-12-6-9-24(18-27)29-25(21-36(33-29)26-10-4-3-5-11-26)19-28-30(37)32-31(40-28)34-15-7-8-23(2)20-34/h3-6,9-12,18-19,21-23H,7-8,13-17,20H2,1-2H3/b28-19-. The van der Waals surface area contributed by atoms with E-state index in [1.54, 1.807) is 27.2 Å². The van der Waals surface area contributed by atoms with Crippen LogP contribution < -0.4 is 0 Å². The minimum absolute atomic E-state index is 0.253. The lowest BCUT2D eigenvalue weighted by Crippen LogP contribution is -2.37. The van der Waals surface area contributed by atoms with Crippen LogP contribution in [0.4, 0.5) is 0 Å². The Kier molecular flexibility index (Phi) is 7.89. The fourth-order valence-electron chi connectivity index (χ4n) is 5.65. The minimum Gasteiger partial charge on any atom is -0.351 e. The van der Waals surface area contributed by atoms with Gasteiger partial charge in [-0.15, -0.1) is 0 Å². The summed E-state index contributed by atoms with van der Waals surface area (Å²) in [7, 11) is -3.63. The maximum atomic E-state index is 13.5. The smallest absolute Gasteiger partial charge is 0.286 e. The van der Waals surface area contributed by atoms with Crippen molar-refractivity contribution in [1.29, 1.82) is 0 Å². The first kappa shape index (κ1) is 27.9. The zero-order valence-corrected chi connectivity index (χ0v) is 25.1. The second kappa shape index (κ2) is 11.6. The van der Waals surface area contributed by atoms with E-state index < -0.39 is 10.0 Å². The molecule has 0 saturated carbocycles. The predicted molar refractivity (Wildman–Crippen MR) is 164 cm³/mol. The number of amides is 1. The van der Waals surface area contributed by atoms with E-state index in [9.17, 15) is 13.2 Å². The number of nitrogens with zero attached hydrogens (tertiary/aromatic N) is 5. The number of carbonyl (C=O) groups is 1. The highest BCUT2D eigenvalue weighted by Crippen LogP contribution is 2.35. The molecule has 3 aromatic rings. The van der Waals surface area contributed by atoms with Crippen molar-refractivity contribution in [3.63, 3.8) is 0 Å². The number of likely N-dealkylation sites (tertiary alicyclic amines) is 1. The summed E-state index contributed by atoms with van der Waals surface area (Å²) in [6.07, 6.45) is 7.75. The fraction of sp³-hybridized carbons (Fsp3) is 0.387. The molecule has 1 amide bonds. The summed E-state index contributed by atoms with van der Waals surface area (Å²) in [6.45, 7) is 7.27. The van der Waals surface area contributed by atoms with Crippen LogP contribution in [0.2, 0.25) is 0 Å². The van der Waals surface area contributed by atoms with Gasteiger partial charge < -0.3 is 4.90 Å². The van der Waals surface area contributed by atoms with E-state index in [1.807, 2.05) is 48.7 Å². The van der Waals surface area contributed by atoms with Crippen molar-refractivity contribution >= 4 is 38.9 Å². The first-order valence-corrected chi connectivity index (χ1v) is 16.6. The average molecular weight is 590 g/mol. The molecule has 1 unspecified atom stereocenters. The Morgan fingerprint density at radius 3 is 2.49 bits per heavy atom. The second-order valence-corrected chi connectivity index (χ2v) is 14.3. The molecular weight excluding hydrogens is 555 g/mol. The zero-order valence-electron chi connectivity index (χ0n) is 23.4. The SMILES string of the molecule is CC1CCN(S(=O)(=O)c2cccc(-c3nn(-c4ccccc4)cc3/C=C3\SC(N4CCCC(C)C4)=NC3=O)c2)CC1. The normalized spacial score (nSPS) is 22.0. The van der Waals surface area contributed by atoms with E-state index in [0.29, 0.717) is 41.1 Å². The van der Waals surface area contributed by atoms with E-state index in [0.717, 1.165) is 48.8 Å². The van der Waals surface area contributed by atoms with Crippen LogP contribution in [0.25, 0.3) is 23.0 Å². The molecule has 0 N–H and O–H groups in total. The van der Waals surface area contributed by atoms with Gasteiger partial charge in [-0.3, -0.25) is 4.79 Å². The molecule has 1 atom stereocenters. The highest BCUT2D eigenvalue weighted by Gasteiger charge is 2.30. The highest BCUT2D eigenvalue weighted by atomic mass is 32.2. The number of amidine groups is 1. The van der Waals surface area contributed by atoms with Gasteiger partial charge in [0.15, 0.2) is 5.17 Å². The number of benzene rings is 2. The first-order chi connectivity index (χ1) is 19.8. The van der Waals surface area contributed by atoms with Gasteiger partial charge in [-0.05, 0) is 79.6 Å². The Balaban J connectivity index is 1.36. The van der Waals surface area contributed by atoms with E-state index >= 15 is 0 Å². The van der Waals surface area contributed by atoms with Gasteiger partial charge in [0.2, 0.25) is 10.0 Å². The zero-order chi connectivity index (χ0) is 28.6. The molecule has 10 heteroatoms. The average Bonchev–Trinajstić information content (AvgIpc) is 3.57. The first-order valence-electron chi connectivity index (χ1n) is 14.3. The molecule has 0 aliphatic carbocycles. The molecule has 0 bridgehead atoms. The van der Waals surface area contributed by atoms with Crippen LogP contribution in [0.15, 0.2) is 75.6 Å². The molecule has 0 radical (unpaired) electrons. The number of thioether (sulfide) groups is 1. The molecule has 1 aromatic heterocycles. The molecule has 3 aliphatic rings. The number of carbonyl (C=O) groups excluding carboxylic acids is 1. The molecule has 8 nitrogen and oxygen atoms in total. The summed E-state index contributed by atoms with van der Waals surface area (Å²) in [6, 6.07) is 16.7. The van der Waals surface area contributed by atoms with Gasteiger partial charge >= 0.3 is 0 Å². The van der Waals surface area contributed by atoms with Crippen molar-refractivity contribution in [3.05, 3.63) is 71.3 Å². The van der Waals surface area contributed by atoms with E-state index in [1.165, 1.54) is 18.2 Å². The number of sulfonamides is 1. The Hall–Kier alpha value is -3.21. The third-order valence-electron chi connectivity index (χ3n) is 8.07. The minimum atomic E-state index is -3.63. The monoisotopic (exact) mass is 589 g/mol. The van der Waals surface area contributed by atoms with Gasteiger partial charge in [0.1, 0.15) is 5.69 Å². The van der Waals surface area contributed by atoms with E-state index in [4.69, 9.17) is 5.10 Å². The van der Waals surface area contributed by atoms with Gasteiger partial charge in [-0.25, -0.2) is 13.1 Å². The lowest BCUT2D eigenvalue weighted by Gasteiger charge is -2.31. The molecule has 3 aliphatic heterocycles. The van der Waals surface area contributed by atoms with Crippen LogP contribution in [0.1, 0.15) is 45.1 Å². The molecule has 4 heterocycles. The van der Waals surface area contributed by atoms with Gasteiger partial charge in [-0.2, -0.15) is 14.4 Å². The second-order valence-electron chi connectivity index (χ2n) is 11.3. The van der Waals surface area contributed by atoms with Crippen LogP contribution in [0.3, 0.4) is 0 Å². The Morgan fingerprint density at radius 2 is 1.73 bits per heavy atom. The van der Waals surface area contributed by atoms with Gasteiger partial charge in [0.25, 0.3) is 5.91 Å². The van der Waals surface area contributed by atoms with E-state index in [2.05, 4.69) is 23.7 Å². The molecule has 0 spiro atoms. The summed E-state index contributed by atoms with van der Waals surface area (Å²) in [5.41, 5.74) is 2.89. The van der Waals surface area contributed by atoms with Crippen molar-refractivity contribution in [2.24, 2.45) is 16.8 Å². The third-order valence-corrected chi connectivity index (χ3v) is 11.0. The molecule has 2 saturated heterocycles. The molecule has 6 rings (SSSR count). The van der Waals surface area contributed by atoms with Crippen molar-refractivity contribution in [2.45, 2.75) is 44.4 Å². The number of piperidine rings is 2. The van der Waals surface area contributed by atoms with Crippen LogP contribution in [-0.2, 0) is 14.8 Å². The highest BCUT2D eigenvalue weighted by molar-refractivity contribution is 8.18. The molecule has 214 valence electrons. The van der Waals surface area contributed by atoms with Crippen LogP contribution >= 0.6 is 11.8 Å². The number of hydrogen-bond donors (Lipinski definition) is 0. The largest absolute Gasteiger partial charge is 0.351 e. The molecule has 2 fully saturated rings. The summed E-state index contributed by atoms with van der Waals surface area (Å²) in [5.74, 6) is 0.851. The van der Waals surface area contributed by atoms with E-state index in [-0.39, 0.29) is 10.8 Å². The lowest BCUT2D eigenvalue weighted by atomic mass is 10.0. The van der Waals surface area contributed by atoms with Crippen LogP contribution in [0.5, 0.6) is 0 Å². The summed E-state index contributed by atoms with van der Waals surface area (Å²) < 4.78 is 30.4. The van der Waals surface area contributed by atoms with Crippen LogP contribution in [0, 0.1) is 11.8 Å². The van der Waals surface area contributed by atoms with Gasteiger partial charge in [0.05, 0.1) is 15.5 Å². The Morgan fingerprint density at radius 1 is 0.951 bits per heavy atom. The maximum Gasteiger partial charge on any atom is 0.286 e. The quantitative estimate of drug-likeness (QED) is 0.357. The van der Waals surface area contributed by atoms with Gasteiger partial charge in [-0.1, -0.05) is 44.2 Å². The number of aliphatic imine (C=N–C) groups is 1. The lowest BCUT2D eigenvalue weighted by molar-refractivity contribution is -0.113. The summed E-state index contributed by atoms with van der Waals surface area (Å²) >= 11 is 1.41. The Labute approximate surface area is 246 Å². The molecule has 2 aromatic carbocycles. The van der Waals surface area contributed by atoms with Crippen molar-refractivity contribution < 1.29 is 13.2 Å². The fourth-order valence-corrected chi connectivity index (χ4v) is 8.10. The number of para-hydroxylation sites is 1. The third kappa shape index (κ3) is 5.91. The van der Waals surface area contributed by atoms with Crippen LogP contribution in [-0.4, -0.2) is 64.7 Å². The molecule has 41 heavy (non-hydrogen) atoms.